The van der Waals surface area contributed by atoms with Gasteiger partial charge in [-0.15, -0.1) is 13.2 Å². The van der Waals surface area contributed by atoms with Crippen molar-refractivity contribution < 1.29 is 0 Å². The molecule has 0 spiro atoms. The Morgan fingerprint density at radius 3 is 2.25 bits per heavy atom. The van der Waals surface area contributed by atoms with Gasteiger partial charge in [0.05, 0.1) is 0 Å². The van der Waals surface area contributed by atoms with E-state index >= 15 is 0 Å². The minimum atomic E-state index is 0.593. The smallest absolute Gasteiger partial charge is 0.0165 e. The summed E-state index contributed by atoms with van der Waals surface area (Å²) in [6.07, 6.45) is 14.3. The molecule has 1 saturated carbocycles. The first-order chi connectivity index (χ1) is 11.4. The molecule has 0 aromatic carbocycles. The molecule has 1 fully saturated rings. The van der Waals surface area contributed by atoms with E-state index in [-0.39, 0.29) is 0 Å². The molecule has 1 rings (SSSR count). The lowest BCUT2D eigenvalue weighted by Gasteiger charge is -2.25. The van der Waals surface area contributed by atoms with Gasteiger partial charge in [0.2, 0.25) is 0 Å². The Hall–Kier alpha value is -1.04. The monoisotopic (exact) mass is 328 g/mol. The fourth-order valence-corrected chi connectivity index (χ4v) is 3.98. The standard InChI is InChI=1S/C24H40/c1-8-10-13-24(17-16-19(4)20(5)18(3)9-2)22(7)21(6)23-14-11-12-15-23/h8-9,18-20,23H,1-2,6,10-17H2,3-5,7H3. The highest BCUT2D eigenvalue weighted by Crippen LogP contribution is 2.36. The molecule has 3 unspecified atom stereocenters. The molecule has 24 heavy (non-hydrogen) atoms. The lowest BCUT2D eigenvalue weighted by molar-refractivity contribution is 0.303. The van der Waals surface area contributed by atoms with Crippen LogP contribution in [0.4, 0.5) is 0 Å². The summed E-state index contributed by atoms with van der Waals surface area (Å²) < 4.78 is 0. The molecule has 0 amide bonds. The predicted molar refractivity (Wildman–Crippen MR) is 110 cm³/mol. The summed E-state index contributed by atoms with van der Waals surface area (Å²) in [6, 6.07) is 0. The van der Waals surface area contributed by atoms with E-state index in [0.717, 1.165) is 24.7 Å². The number of hydrogen-bond acceptors (Lipinski definition) is 0. The average molecular weight is 329 g/mol. The van der Waals surface area contributed by atoms with E-state index in [1.54, 1.807) is 5.57 Å². The molecule has 0 nitrogen and oxygen atoms in total. The van der Waals surface area contributed by atoms with Gasteiger partial charge in [0.1, 0.15) is 0 Å². The van der Waals surface area contributed by atoms with Crippen molar-refractivity contribution in [1.82, 2.24) is 0 Å². The Morgan fingerprint density at radius 1 is 1.08 bits per heavy atom. The van der Waals surface area contributed by atoms with Crippen molar-refractivity contribution in [3.05, 3.63) is 48.6 Å². The maximum Gasteiger partial charge on any atom is -0.0165 e. The number of rotatable bonds is 11. The summed E-state index contributed by atoms with van der Waals surface area (Å²) in [5.74, 6) is 2.75. The van der Waals surface area contributed by atoms with Crippen LogP contribution in [0, 0.1) is 23.7 Å². The fourth-order valence-electron chi connectivity index (χ4n) is 3.98. The summed E-state index contributed by atoms with van der Waals surface area (Å²) in [7, 11) is 0. The lowest BCUT2D eigenvalue weighted by atomic mass is 9.80. The zero-order valence-corrected chi connectivity index (χ0v) is 16.7. The highest BCUT2D eigenvalue weighted by atomic mass is 14.3. The second-order valence-electron chi connectivity index (χ2n) is 8.03. The Bertz CT molecular complexity index is 445. The van der Waals surface area contributed by atoms with Crippen LogP contribution in [0.5, 0.6) is 0 Å². The molecule has 0 heteroatoms. The minimum Gasteiger partial charge on any atom is -0.103 e. The van der Waals surface area contributed by atoms with Crippen LogP contribution in [0.25, 0.3) is 0 Å². The van der Waals surface area contributed by atoms with E-state index in [4.69, 9.17) is 0 Å². The molecular weight excluding hydrogens is 288 g/mol. The van der Waals surface area contributed by atoms with Gasteiger partial charge in [-0.05, 0) is 80.3 Å². The van der Waals surface area contributed by atoms with Crippen molar-refractivity contribution in [3.63, 3.8) is 0 Å². The van der Waals surface area contributed by atoms with Gasteiger partial charge in [-0.25, -0.2) is 0 Å². The van der Waals surface area contributed by atoms with Crippen LogP contribution in [0.2, 0.25) is 0 Å². The quantitative estimate of drug-likeness (QED) is 0.267. The zero-order valence-electron chi connectivity index (χ0n) is 16.7. The van der Waals surface area contributed by atoms with E-state index in [0.29, 0.717) is 11.8 Å². The van der Waals surface area contributed by atoms with Crippen molar-refractivity contribution in [2.75, 3.05) is 0 Å². The first-order valence-corrected chi connectivity index (χ1v) is 10.0. The van der Waals surface area contributed by atoms with Gasteiger partial charge in [0.25, 0.3) is 0 Å². The molecular formula is C24H40. The molecule has 0 saturated heterocycles. The van der Waals surface area contributed by atoms with E-state index in [1.807, 2.05) is 0 Å². The van der Waals surface area contributed by atoms with Gasteiger partial charge in [0, 0.05) is 0 Å². The van der Waals surface area contributed by atoms with Crippen molar-refractivity contribution in [3.8, 4) is 0 Å². The highest BCUT2D eigenvalue weighted by molar-refractivity contribution is 5.34. The maximum atomic E-state index is 4.47. The summed E-state index contributed by atoms with van der Waals surface area (Å²) in [5.41, 5.74) is 4.55. The van der Waals surface area contributed by atoms with E-state index in [1.165, 1.54) is 49.7 Å². The maximum absolute atomic E-state index is 4.47. The summed E-state index contributed by atoms with van der Waals surface area (Å²) in [4.78, 5) is 0. The second-order valence-corrected chi connectivity index (χ2v) is 8.03. The van der Waals surface area contributed by atoms with Crippen molar-refractivity contribution in [2.45, 2.75) is 79.1 Å². The Kier molecular flexibility index (Phi) is 9.41. The Labute approximate surface area is 151 Å². The Balaban J connectivity index is 2.76. The van der Waals surface area contributed by atoms with Crippen molar-refractivity contribution >= 4 is 0 Å². The SMILES string of the molecule is C=CCCC(CCC(C)C(C)C(C)C=C)=C(C)C(=C)C1CCCC1. The molecule has 0 radical (unpaired) electrons. The topological polar surface area (TPSA) is 0 Å². The highest BCUT2D eigenvalue weighted by Gasteiger charge is 2.21. The van der Waals surface area contributed by atoms with Gasteiger partial charge < -0.3 is 0 Å². The van der Waals surface area contributed by atoms with Gasteiger partial charge in [-0.1, -0.05) is 57.9 Å². The van der Waals surface area contributed by atoms with E-state index < -0.39 is 0 Å². The predicted octanol–water partition coefficient (Wildman–Crippen LogP) is 7.89. The van der Waals surface area contributed by atoms with Crippen molar-refractivity contribution in [2.24, 2.45) is 23.7 Å². The van der Waals surface area contributed by atoms with Gasteiger partial charge in [-0.3, -0.25) is 0 Å². The molecule has 1 aliphatic rings. The summed E-state index contributed by atoms with van der Waals surface area (Å²) in [6.45, 7) is 21.7. The van der Waals surface area contributed by atoms with Crippen LogP contribution >= 0.6 is 0 Å². The molecule has 1 aliphatic carbocycles. The normalized spacial score (nSPS) is 20.2. The van der Waals surface area contributed by atoms with Crippen LogP contribution < -0.4 is 0 Å². The number of allylic oxidation sites excluding steroid dienone is 5. The summed E-state index contributed by atoms with van der Waals surface area (Å²) in [5, 5.41) is 0. The minimum absolute atomic E-state index is 0.593. The molecule has 136 valence electrons. The van der Waals surface area contributed by atoms with Gasteiger partial charge in [-0.2, -0.15) is 0 Å². The van der Waals surface area contributed by atoms with Crippen LogP contribution in [-0.2, 0) is 0 Å². The Morgan fingerprint density at radius 2 is 1.71 bits per heavy atom. The van der Waals surface area contributed by atoms with Crippen LogP contribution in [0.1, 0.15) is 79.1 Å². The average Bonchev–Trinajstić information content (AvgIpc) is 3.13. The zero-order chi connectivity index (χ0) is 18.1. The van der Waals surface area contributed by atoms with Crippen LogP contribution in [0.3, 0.4) is 0 Å². The van der Waals surface area contributed by atoms with E-state index in [9.17, 15) is 0 Å². The van der Waals surface area contributed by atoms with Gasteiger partial charge in [0.15, 0.2) is 0 Å². The molecule has 0 aliphatic heterocycles. The van der Waals surface area contributed by atoms with E-state index in [2.05, 4.69) is 59.6 Å². The largest absolute Gasteiger partial charge is 0.103 e. The summed E-state index contributed by atoms with van der Waals surface area (Å²) >= 11 is 0. The fraction of sp³-hybridized carbons (Fsp3) is 0.667. The third kappa shape index (κ3) is 6.11. The van der Waals surface area contributed by atoms with Crippen molar-refractivity contribution in [1.29, 1.82) is 0 Å². The molecule has 0 heterocycles. The van der Waals surface area contributed by atoms with Gasteiger partial charge >= 0.3 is 0 Å². The molecule has 0 aromatic heterocycles. The number of hydrogen-bond donors (Lipinski definition) is 0. The second kappa shape index (κ2) is 10.7. The third-order valence-corrected chi connectivity index (χ3v) is 6.51. The molecule has 0 aromatic rings. The van der Waals surface area contributed by atoms with Crippen LogP contribution in [-0.4, -0.2) is 0 Å². The lowest BCUT2D eigenvalue weighted by Crippen LogP contribution is -2.15. The first kappa shape index (κ1) is 21.0. The molecule has 0 N–H and O–H groups in total. The first-order valence-electron chi connectivity index (χ1n) is 10.0. The third-order valence-electron chi connectivity index (χ3n) is 6.51. The molecule has 3 atom stereocenters. The van der Waals surface area contributed by atoms with Crippen LogP contribution in [0.15, 0.2) is 48.6 Å². The molecule has 0 bridgehead atoms.